The van der Waals surface area contributed by atoms with E-state index in [1.165, 1.54) is 0 Å². The summed E-state index contributed by atoms with van der Waals surface area (Å²) in [7, 11) is 0. The number of ketones is 1. The summed E-state index contributed by atoms with van der Waals surface area (Å²) in [5.41, 5.74) is 1.55. The molecule has 0 fully saturated rings. The van der Waals surface area contributed by atoms with E-state index >= 15 is 0 Å². The summed E-state index contributed by atoms with van der Waals surface area (Å²) in [5, 5.41) is 0.824. The topological polar surface area (TPSA) is 51.3 Å². The van der Waals surface area contributed by atoms with Crippen LogP contribution in [0.15, 0.2) is 18.3 Å². The zero-order valence-corrected chi connectivity index (χ0v) is 8.87. The first-order valence-electron chi connectivity index (χ1n) is 5.18. The number of hydrogen-bond acceptors (Lipinski definition) is 3. The maximum absolute atomic E-state index is 11.5. The fourth-order valence-corrected chi connectivity index (χ4v) is 2.00. The average molecular weight is 217 g/mol. The van der Waals surface area contributed by atoms with Crippen molar-refractivity contribution in [1.29, 1.82) is 0 Å². The van der Waals surface area contributed by atoms with E-state index < -0.39 is 0 Å². The molecule has 0 unspecified atom stereocenters. The number of carbonyl (C=O) groups excluding carboxylic acids is 1. The monoisotopic (exact) mass is 217 g/mol. The van der Waals surface area contributed by atoms with E-state index in [1.54, 1.807) is 13.1 Å². The van der Waals surface area contributed by atoms with Gasteiger partial charge in [-0.05, 0) is 19.1 Å². The third kappa shape index (κ3) is 1.19. The lowest BCUT2D eigenvalue weighted by atomic mass is 10.1. The molecule has 1 aromatic carbocycles. The third-order valence-corrected chi connectivity index (χ3v) is 2.73. The summed E-state index contributed by atoms with van der Waals surface area (Å²) in [5.74, 6) is 1.41. The van der Waals surface area contributed by atoms with Gasteiger partial charge in [0.25, 0.3) is 0 Å². The van der Waals surface area contributed by atoms with Gasteiger partial charge in [0.15, 0.2) is 17.3 Å². The van der Waals surface area contributed by atoms with Crippen molar-refractivity contribution in [3.63, 3.8) is 0 Å². The van der Waals surface area contributed by atoms with Crippen molar-refractivity contribution in [3.8, 4) is 11.5 Å². The zero-order valence-electron chi connectivity index (χ0n) is 8.87. The number of rotatable bonds is 1. The number of ether oxygens (including phenoxy) is 2. The smallest absolute Gasteiger partial charge is 0.171 e. The van der Waals surface area contributed by atoms with Crippen molar-refractivity contribution in [2.45, 2.75) is 6.92 Å². The van der Waals surface area contributed by atoms with Gasteiger partial charge in [0, 0.05) is 11.8 Å². The summed E-state index contributed by atoms with van der Waals surface area (Å²) < 4.78 is 11.1. The summed E-state index contributed by atoms with van der Waals surface area (Å²) in [6.07, 6.45) is 1.71. The quantitative estimate of drug-likeness (QED) is 0.744. The normalized spacial score (nSPS) is 14.1. The highest BCUT2D eigenvalue weighted by molar-refractivity contribution is 6.09. The highest BCUT2D eigenvalue weighted by Crippen LogP contribution is 2.39. The molecule has 82 valence electrons. The molecule has 16 heavy (non-hydrogen) atoms. The van der Waals surface area contributed by atoms with E-state index in [4.69, 9.17) is 9.47 Å². The van der Waals surface area contributed by atoms with Gasteiger partial charge in [-0.3, -0.25) is 4.79 Å². The van der Waals surface area contributed by atoms with Crippen LogP contribution in [-0.4, -0.2) is 24.0 Å². The SMILES string of the molecule is CC(=O)c1c[nH]c2ccc3c(c12)OCCO3. The average Bonchev–Trinajstić information content (AvgIpc) is 2.73. The number of nitrogens with one attached hydrogen (secondary N) is 1. The standard InChI is InChI=1S/C12H11NO3/c1-7(14)8-6-13-9-2-3-10-12(11(8)9)16-5-4-15-10/h2-3,6,13H,4-5H2,1H3. The van der Waals surface area contributed by atoms with Gasteiger partial charge in [-0.15, -0.1) is 0 Å². The number of aromatic nitrogens is 1. The number of hydrogen-bond donors (Lipinski definition) is 1. The Balaban J connectivity index is 2.35. The Kier molecular flexibility index (Phi) is 1.89. The van der Waals surface area contributed by atoms with Gasteiger partial charge >= 0.3 is 0 Å². The molecule has 1 N–H and O–H groups in total. The molecule has 0 aliphatic carbocycles. The Morgan fingerprint density at radius 3 is 2.94 bits per heavy atom. The minimum atomic E-state index is 0.0221. The fraction of sp³-hybridized carbons (Fsp3) is 0.250. The molecule has 3 rings (SSSR count). The summed E-state index contributed by atoms with van der Waals surface area (Å²) in [6, 6.07) is 3.76. The zero-order chi connectivity index (χ0) is 11.1. The minimum absolute atomic E-state index is 0.0221. The van der Waals surface area contributed by atoms with Crippen LogP contribution in [0.25, 0.3) is 10.9 Å². The predicted molar refractivity (Wildman–Crippen MR) is 59.3 cm³/mol. The molecular weight excluding hydrogens is 206 g/mol. The van der Waals surface area contributed by atoms with Crippen LogP contribution in [0.4, 0.5) is 0 Å². The molecule has 2 heterocycles. The molecule has 0 saturated heterocycles. The molecule has 0 spiro atoms. The first kappa shape index (κ1) is 9.27. The van der Waals surface area contributed by atoms with Crippen molar-refractivity contribution in [3.05, 3.63) is 23.9 Å². The molecule has 1 aromatic heterocycles. The van der Waals surface area contributed by atoms with Crippen LogP contribution >= 0.6 is 0 Å². The molecule has 0 atom stereocenters. The first-order chi connectivity index (χ1) is 7.77. The lowest BCUT2D eigenvalue weighted by Gasteiger charge is -2.19. The van der Waals surface area contributed by atoms with Crippen molar-refractivity contribution in [1.82, 2.24) is 4.98 Å². The molecule has 0 amide bonds. The highest BCUT2D eigenvalue weighted by atomic mass is 16.6. The van der Waals surface area contributed by atoms with Crippen LogP contribution in [0.1, 0.15) is 17.3 Å². The van der Waals surface area contributed by atoms with Gasteiger partial charge in [0.05, 0.1) is 10.9 Å². The number of benzene rings is 1. The maximum atomic E-state index is 11.5. The third-order valence-electron chi connectivity index (χ3n) is 2.73. The van der Waals surface area contributed by atoms with E-state index in [1.807, 2.05) is 12.1 Å². The molecule has 2 aromatic rings. The molecule has 4 nitrogen and oxygen atoms in total. The second-order valence-corrected chi connectivity index (χ2v) is 3.77. The van der Waals surface area contributed by atoms with Crippen LogP contribution in [0.2, 0.25) is 0 Å². The van der Waals surface area contributed by atoms with Crippen molar-refractivity contribution in [2.75, 3.05) is 13.2 Å². The predicted octanol–water partition coefficient (Wildman–Crippen LogP) is 2.14. The van der Waals surface area contributed by atoms with E-state index in [9.17, 15) is 4.79 Å². The Morgan fingerprint density at radius 1 is 1.31 bits per heavy atom. The van der Waals surface area contributed by atoms with E-state index in [-0.39, 0.29) is 5.78 Å². The van der Waals surface area contributed by atoms with E-state index in [2.05, 4.69) is 4.98 Å². The molecule has 0 bridgehead atoms. The Hall–Kier alpha value is -1.97. The first-order valence-corrected chi connectivity index (χ1v) is 5.18. The van der Waals surface area contributed by atoms with Crippen molar-refractivity contribution >= 4 is 16.7 Å². The van der Waals surface area contributed by atoms with Gasteiger partial charge in [0.1, 0.15) is 13.2 Å². The molecule has 0 saturated carbocycles. The summed E-state index contributed by atoms with van der Waals surface area (Å²) in [6.45, 7) is 2.62. The van der Waals surface area contributed by atoms with Crippen LogP contribution in [0, 0.1) is 0 Å². The number of H-pyrrole nitrogens is 1. The van der Waals surface area contributed by atoms with Crippen molar-refractivity contribution < 1.29 is 14.3 Å². The van der Waals surface area contributed by atoms with E-state index in [0.29, 0.717) is 30.3 Å². The lowest BCUT2D eigenvalue weighted by Crippen LogP contribution is -2.15. The molecule has 0 radical (unpaired) electrons. The maximum Gasteiger partial charge on any atom is 0.171 e. The van der Waals surface area contributed by atoms with Gasteiger partial charge < -0.3 is 14.5 Å². The minimum Gasteiger partial charge on any atom is -0.486 e. The number of carbonyl (C=O) groups is 1. The molecule has 4 heteroatoms. The van der Waals surface area contributed by atoms with Crippen LogP contribution < -0.4 is 9.47 Å². The lowest BCUT2D eigenvalue weighted by molar-refractivity contribution is 0.101. The Labute approximate surface area is 92.2 Å². The van der Waals surface area contributed by atoms with Gasteiger partial charge in [-0.2, -0.15) is 0 Å². The Bertz CT molecular complexity index is 571. The van der Waals surface area contributed by atoms with Crippen LogP contribution in [-0.2, 0) is 0 Å². The number of Topliss-reactive ketones (excluding diaryl/α,β-unsaturated/α-hetero) is 1. The van der Waals surface area contributed by atoms with E-state index in [0.717, 1.165) is 10.9 Å². The van der Waals surface area contributed by atoms with Crippen molar-refractivity contribution in [2.24, 2.45) is 0 Å². The van der Waals surface area contributed by atoms with Gasteiger partial charge in [0.2, 0.25) is 0 Å². The summed E-state index contributed by atoms with van der Waals surface area (Å²) >= 11 is 0. The molecular formula is C12H11NO3. The summed E-state index contributed by atoms with van der Waals surface area (Å²) in [4.78, 5) is 14.6. The Morgan fingerprint density at radius 2 is 2.12 bits per heavy atom. The fourth-order valence-electron chi connectivity index (χ4n) is 2.00. The van der Waals surface area contributed by atoms with Crippen LogP contribution in [0.3, 0.4) is 0 Å². The molecule has 1 aliphatic rings. The molecule has 1 aliphatic heterocycles. The number of aromatic amines is 1. The van der Waals surface area contributed by atoms with Gasteiger partial charge in [-0.25, -0.2) is 0 Å². The largest absolute Gasteiger partial charge is 0.486 e. The van der Waals surface area contributed by atoms with Gasteiger partial charge in [-0.1, -0.05) is 0 Å². The highest BCUT2D eigenvalue weighted by Gasteiger charge is 2.19. The van der Waals surface area contributed by atoms with Crippen LogP contribution in [0.5, 0.6) is 11.5 Å². The second kappa shape index (κ2) is 3.27. The second-order valence-electron chi connectivity index (χ2n) is 3.77. The number of fused-ring (bicyclic) bond motifs is 3.